The lowest BCUT2D eigenvalue weighted by Gasteiger charge is -2.02. The third kappa shape index (κ3) is 1.76. The number of pyridine rings is 1. The average Bonchev–Trinajstić information content (AvgIpc) is 2.87. The van der Waals surface area contributed by atoms with E-state index in [0.29, 0.717) is 16.9 Å². The molecule has 0 saturated heterocycles. The van der Waals surface area contributed by atoms with Crippen LogP contribution < -0.4 is 5.73 Å². The van der Waals surface area contributed by atoms with E-state index in [1.165, 1.54) is 6.20 Å². The van der Waals surface area contributed by atoms with Crippen LogP contribution in [0, 0.1) is 0 Å². The quantitative estimate of drug-likeness (QED) is 0.715. The summed E-state index contributed by atoms with van der Waals surface area (Å²) in [6.07, 6.45) is 1.50. The Balaban J connectivity index is 2.12. The van der Waals surface area contributed by atoms with E-state index in [1.54, 1.807) is 23.5 Å². The summed E-state index contributed by atoms with van der Waals surface area (Å²) in [6.45, 7) is 0. The molecule has 2 heterocycles. The SMILES string of the molecule is Nc1ccc(C(=O)c2cccc3ccsc23)nc1. The highest BCUT2D eigenvalue weighted by Gasteiger charge is 2.14. The number of carbonyl (C=O) groups excluding carboxylic acids is 1. The third-order valence-electron chi connectivity index (χ3n) is 2.74. The minimum absolute atomic E-state index is 0.0666. The van der Waals surface area contributed by atoms with Gasteiger partial charge in [0.2, 0.25) is 5.78 Å². The van der Waals surface area contributed by atoms with Crippen molar-refractivity contribution in [1.82, 2.24) is 4.98 Å². The summed E-state index contributed by atoms with van der Waals surface area (Å²) < 4.78 is 1.00. The molecule has 0 spiro atoms. The van der Waals surface area contributed by atoms with E-state index >= 15 is 0 Å². The van der Waals surface area contributed by atoms with Gasteiger partial charge in [0.25, 0.3) is 0 Å². The fraction of sp³-hybridized carbons (Fsp3) is 0. The number of carbonyl (C=O) groups is 1. The van der Waals surface area contributed by atoms with Gasteiger partial charge in [0.15, 0.2) is 0 Å². The number of thiophene rings is 1. The normalized spacial score (nSPS) is 10.7. The second-order valence-corrected chi connectivity index (χ2v) is 4.87. The highest BCUT2D eigenvalue weighted by molar-refractivity contribution is 7.17. The highest BCUT2D eigenvalue weighted by Crippen LogP contribution is 2.26. The number of nitrogen functional groups attached to an aromatic ring is 1. The lowest BCUT2D eigenvalue weighted by Crippen LogP contribution is -2.04. The molecule has 0 saturated carbocycles. The third-order valence-corrected chi connectivity index (χ3v) is 3.71. The Kier molecular flexibility index (Phi) is 2.57. The van der Waals surface area contributed by atoms with Crippen LogP contribution in [-0.4, -0.2) is 10.8 Å². The molecule has 1 aromatic carbocycles. The van der Waals surface area contributed by atoms with Crippen molar-refractivity contribution in [1.29, 1.82) is 0 Å². The summed E-state index contributed by atoms with van der Waals surface area (Å²) in [7, 11) is 0. The lowest BCUT2D eigenvalue weighted by atomic mass is 10.1. The summed E-state index contributed by atoms with van der Waals surface area (Å²) >= 11 is 1.57. The Morgan fingerprint density at radius 3 is 2.83 bits per heavy atom. The molecule has 3 aromatic rings. The van der Waals surface area contributed by atoms with Gasteiger partial charge < -0.3 is 5.73 Å². The molecule has 0 unspecified atom stereocenters. The molecule has 3 rings (SSSR count). The van der Waals surface area contributed by atoms with Gasteiger partial charge in [0.05, 0.1) is 11.9 Å². The van der Waals surface area contributed by atoms with Crippen LogP contribution in [-0.2, 0) is 0 Å². The molecule has 0 atom stereocenters. The summed E-state index contributed by atoms with van der Waals surface area (Å²) in [6, 6.07) is 11.1. The smallest absolute Gasteiger partial charge is 0.212 e. The number of ketones is 1. The first-order chi connectivity index (χ1) is 8.75. The molecule has 18 heavy (non-hydrogen) atoms. The molecule has 0 amide bonds. The molecular weight excluding hydrogens is 244 g/mol. The van der Waals surface area contributed by atoms with Gasteiger partial charge >= 0.3 is 0 Å². The number of nitrogens with two attached hydrogens (primary N) is 1. The minimum atomic E-state index is -0.0666. The van der Waals surface area contributed by atoms with Crippen LogP contribution in [0.1, 0.15) is 16.1 Å². The molecule has 0 fully saturated rings. The van der Waals surface area contributed by atoms with Gasteiger partial charge in [-0.25, -0.2) is 0 Å². The van der Waals surface area contributed by atoms with Crippen molar-refractivity contribution in [3.8, 4) is 0 Å². The van der Waals surface area contributed by atoms with Gasteiger partial charge in [0.1, 0.15) is 5.69 Å². The van der Waals surface area contributed by atoms with Gasteiger partial charge in [-0.3, -0.25) is 9.78 Å². The number of rotatable bonds is 2. The van der Waals surface area contributed by atoms with Crippen molar-refractivity contribution < 1.29 is 4.79 Å². The van der Waals surface area contributed by atoms with Gasteiger partial charge in [-0.1, -0.05) is 12.1 Å². The number of hydrogen-bond donors (Lipinski definition) is 1. The van der Waals surface area contributed by atoms with Crippen molar-refractivity contribution in [2.45, 2.75) is 0 Å². The predicted molar refractivity (Wildman–Crippen MR) is 73.9 cm³/mol. The lowest BCUT2D eigenvalue weighted by molar-refractivity contribution is 0.103. The van der Waals surface area contributed by atoms with E-state index in [-0.39, 0.29) is 5.78 Å². The summed E-state index contributed by atoms with van der Waals surface area (Å²) in [5.41, 5.74) is 7.24. The highest BCUT2D eigenvalue weighted by atomic mass is 32.1. The molecule has 0 radical (unpaired) electrons. The van der Waals surface area contributed by atoms with Crippen LogP contribution in [0.25, 0.3) is 10.1 Å². The largest absolute Gasteiger partial charge is 0.397 e. The molecule has 0 aliphatic heterocycles. The first-order valence-corrected chi connectivity index (χ1v) is 6.36. The zero-order valence-corrected chi connectivity index (χ0v) is 10.3. The fourth-order valence-electron chi connectivity index (χ4n) is 1.85. The molecule has 4 heteroatoms. The van der Waals surface area contributed by atoms with Gasteiger partial charge in [-0.05, 0) is 35.0 Å². The summed E-state index contributed by atoms with van der Waals surface area (Å²) in [5.74, 6) is -0.0666. The maximum Gasteiger partial charge on any atom is 0.212 e. The molecule has 2 N–H and O–H groups in total. The van der Waals surface area contributed by atoms with Gasteiger partial charge in [0, 0.05) is 10.3 Å². The van der Waals surface area contributed by atoms with E-state index in [9.17, 15) is 4.79 Å². The van der Waals surface area contributed by atoms with Crippen molar-refractivity contribution in [2.24, 2.45) is 0 Å². The predicted octanol–water partition coefficient (Wildman–Crippen LogP) is 3.11. The number of anilines is 1. The Morgan fingerprint density at radius 1 is 1.17 bits per heavy atom. The van der Waals surface area contributed by atoms with Crippen molar-refractivity contribution in [2.75, 3.05) is 5.73 Å². The summed E-state index contributed by atoms with van der Waals surface area (Å²) in [4.78, 5) is 16.4. The van der Waals surface area contributed by atoms with Gasteiger partial charge in [-0.2, -0.15) is 0 Å². The number of hydrogen-bond acceptors (Lipinski definition) is 4. The molecule has 0 aliphatic carbocycles. The second kappa shape index (κ2) is 4.23. The zero-order chi connectivity index (χ0) is 12.5. The van der Waals surface area contributed by atoms with Gasteiger partial charge in [-0.15, -0.1) is 11.3 Å². The van der Waals surface area contributed by atoms with E-state index in [4.69, 9.17) is 5.73 Å². The standard InChI is InChI=1S/C14H10N2OS/c15-10-4-5-12(16-8-10)13(17)11-3-1-2-9-6-7-18-14(9)11/h1-8H,15H2. The molecular formula is C14H10N2OS. The van der Waals surface area contributed by atoms with Crippen LogP contribution in [0.15, 0.2) is 48.0 Å². The van der Waals surface area contributed by atoms with E-state index in [2.05, 4.69) is 4.98 Å². The fourth-order valence-corrected chi connectivity index (χ4v) is 2.76. The summed E-state index contributed by atoms with van der Waals surface area (Å²) in [5, 5.41) is 3.07. The van der Waals surface area contributed by atoms with E-state index in [0.717, 1.165) is 10.1 Å². The monoisotopic (exact) mass is 254 g/mol. The van der Waals surface area contributed by atoms with E-state index in [1.807, 2.05) is 29.6 Å². The van der Waals surface area contributed by atoms with Crippen molar-refractivity contribution in [3.63, 3.8) is 0 Å². The Labute approximate surface area is 108 Å². The number of aromatic nitrogens is 1. The molecule has 3 nitrogen and oxygen atoms in total. The molecule has 0 bridgehead atoms. The molecule has 2 aromatic heterocycles. The van der Waals surface area contributed by atoms with Crippen LogP contribution in [0.2, 0.25) is 0 Å². The van der Waals surface area contributed by atoms with Crippen molar-refractivity contribution >= 4 is 32.9 Å². The number of fused-ring (bicyclic) bond motifs is 1. The Morgan fingerprint density at radius 2 is 2.06 bits per heavy atom. The number of nitrogens with zero attached hydrogens (tertiary/aromatic N) is 1. The van der Waals surface area contributed by atoms with Crippen LogP contribution in [0.4, 0.5) is 5.69 Å². The zero-order valence-electron chi connectivity index (χ0n) is 9.46. The van der Waals surface area contributed by atoms with Crippen LogP contribution in [0.5, 0.6) is 0 Å². The molecule has 0 aliphatic rings. The topological polar surface area (TPSA) is 56.0 Å². The van der Waals surface area contributed by atoms with Crippen LogP contribution >= 0.6 is 11.3 Å². The number of benzene rings is 1. The maximum atomic E-state index is 12.4. The first kappa shape index (κ1) is 10.9. The Hall–Kier alpha value is -2.20. The van der Waals surface area contributed by atoms with Crippen molar-refractivity contribution in [3.05, 3.63) is 59.2 Å². The first-order valence-electron chi connectivity index (χ1n) is 5.48. The van der Waals surface area contributed by atoms with E-state index < -0.39 is 0 Å². The minimum Gasteiger partial charge on any atom is -0.397 e. The second-order valence-electron chi connectivity index (χ2n) is 3.95. The van der Waals surface area contributed by atoms with Crippen LogP contribution in [0.3, 0.4) is 0 Å². The maximum absolute atomic E-state index is 12.4. The molecule has 88 valence electrons. The average molecular weight is 254 g/mol. The Bertz CT molecular complexity index is 716.